The fourth-order valence-electron chi connectivity index (χ4n) is 1.88. The molecule has 18 heavy (non-hydrogen) atoms. The van der Waals surface area contributed by atoms with Crippen molar-refractivity contribution in [1.82, 2.24) is 9.78 Å². The molecule has 0 saturated carbocycles. The maximum atomic E-state index is 13.6. The first-order valence-corrected chi connectivity index (χ1v) is 5.35. The standard InChI is InChI=1S/C12H12F3N3/c1-6-8(5-16)7(2)18(17-6)12-4-10(14)9(13)3-11(12)15/h3-4H,5,16H2,1-2H3. The summed E-state index contributed by atoms with van der Waals surface area (Å²) in [6.45, 7) is 3.68. The van der Waals surface area contributed by atoms with Crippen molar-refractivity contribution in [3.8, 4) is 5.69 Å². The number of halogens is 3. The highest BCUT2D eigenvalue weighted by Crippen LogP contribution is 2.21. The minimum absolute atomic E-state index is 0.130. The molecule has 96 valence electrons. The number of aromatic nitrogens is 2. The van der Waals surface area contributed by atoms with Gasteiger partial charge in [-0.1, -0.05) is 0 Å². The molecule has 1 aromatic heterocycles. The molecule has 1 aromatic carbocycles. The zero-order chi connectivity index (χ0) is 13.4. The Morgan fingerprint density at radius 3 is 2.28 bits per heavy atom. The third-order valence-electron chi connectivity index (χ3n) is 2.86. The van der Waals surface area contributed by atoms with Gasteiger partial charge < -0.3 is 5.73 Å². The molecule has 0 bridgehead atoms. The Kier molecular flexibility index (Phi) is 3.13. The molecule has 0 aliphatic carbocycles. The van der Waals surface area contributed by atoms with Crippen molar-refractivity contribution in [1.29, 1.82) is 0 Å². The zero-order valence-electron chi connectivity index (χ0n) is 9.97. The van der Waals surface area contributed by atoms with E-state index in [1.165, 1.54) is 4.68 Å². The average molecular weight is 255 g/mol. The van der Waals surface area contributed by atoms with Crippen molar-refractivity contribution in [2.24, 2.45) is 5.73 Å². The molecule has 2 N–H and O–H groups in total. The van der Waals surface area contributed by atoms with Gasteiger partial charge in [-0.25, -0.2) is 17.9 Å². The van der Waals surface area contributed by atoms with Crippen molar-refractivity contribution >= 4 is 0 Å². The SMILES string of the molecule is Cc1nn(-c2cc(F)c(F)cc2F)c(C)c1CN. The summed E-state index contributed by atoms with van der Waals surface area (Å²) in [6, 6.07) is 1.29. The van der Waals surface area contributed by atoms with Crippen LogP contribution in [0.5, 0.6) is 0 Å². The van der Waals surface area contributed by atoms with Gasteiger partial charge in [0.05, 0.1) is 5.69 Å². The highest BCUT2D eigenvalue weighted by atomic mass is 19.2. The van der Waals surface area contributed by atoms with E-state index in [0.717, 1.165) is 11.6 Å². The van der Waals surface area contributed by atoms with E-state index in [0.29, 0.717) is 17.5 Å². The van der Waals surface area contributed by atoms with E-state index in [1.807, 2.05) is 0 Å². The predicted octanol–water partition coefficient (Wildman–Crippen LogP) is 2.37. The minimum atomic E-state index is -1.23. The maximum absolute atomic E-state index is 13.6. The summed E-state index contributed by atoms with van der Waals surface area (Å²) in [6.07, 6.45) is 0. The highest BCUT2D eigenvalue weighted by Gasteiger charge is 2.17. The molecular formula is C12H12F3N3. The van der Waals surface area contributed by atoms with Crippen LogP contribution in [0.4, 0.5) is 13.2 Å². The van der Waals surface area contributed by atoms with Crippen molar-refractivity contribution in [2.45, 2.75) is 20.4 Å². The summed E-state index contributed by atoms with van der Waals surface area (Å²) in [7, 11) is 0. The van der Waals surface area contributed by atoms with Crippen LogP contribution >= 0.6 is 0 Å². The summed E-state index contributed by atoms with van der Waals surface area (Å²) in [5, 5.41) is 4.09. The number of nitrogens with two attached hydrogens (primary N) is 1. The Morgan fingerprint density at radius 1 is 1.11 bits per heavy atom. The number of hydrogen-bond acceptors (Lipinski definition) is 2. The summed E-state index contributed by atoms with van der Waals surface area (Å²) in [5.41, 5.74) is 7.44. The van der Waals surface area contributed by atoms with Gasteiger partial charge in [-0.05, 0) is 13.8 Å². The van der Waals surface area contributed by atoms with Crippen LogP contribution in [0.15, 0.2) is 12.1 Å². The smallest absolute Gasteiger partial charge is 0.161 e. The van der Waals surface area contributed by atoms with Crippen LogP contribution < -0.4 is 5.73 Å². The van der Waals surface area contributed by atoms with Crippen molar-refractivity contribution < 1.29 is 13.2 Å². The second-order valence-electron chi connectivity index (χ2n) is 3.98. The Morgan fingerprint density at radius 2 is 1.72 bits per heavy atom. The molecule has 0 atom stereocenters. The zero-order valence-corrected chi connectivity index (χ0v) is 9.97. The lowest BCUT2D eigenvalue weighted by Crippen LogP contribution is -2.05. The summed E-state index contributed by atoms with van der Waals surface area (Å²) in [4.78, 5) is 0. The lowest BCUT2D eigenvalue weighted by atomic mass is 10.2. The molecule has 0 unspecified atom stereocenters. The van der Waals surface area contributed by atoms with Crippen LogP contribution in [0.3, 0.4) is 0 Å². The van der Waals surface area contributed by atoms with E-state index in [2.05, 4.69) is 5.10 Å². The quantitative estimate of drug-likeness (QED) is 0.837. The molecule has 0 aliphatic heterocycles. The number of nitrogens with zero attached hydrogens (tertiary/aromatic N) is 2. The summed E-state index contributed by atoms with van der Waals surface area (Å²) in [5.74, 6) is -3.21. The van der Waals surface area contributed by atoms with Gasteiger partial charge >= 0.3 is 0 Å². The number of hydrogen-bond donors (Lipinski definition) is 1. The Bertz CT molecular complexity index is 605. The lowest BCUT2D eigenvalue weighted by molar-refractivity contribution is 0.491. The molecule has 0 fully saturated rings. The highest BCUT2D eigenvalue weighted by molar-refractivity contribution is 5.38. The molecule has 0 aliphatic rings. The largest absolute Gasteiger partial charge is 0.326 e. The second-order valence-corrected chi connectivity index (χ2v) is 3.98. The molecular weight excluding hydrogens is 243 g/mol. The first-order chi connectivity index (χ1) is 8.45. The fraction of sp³-hybridized carbons (Fsp3) is 0.250. The molecule has 0 amide bonds. The summed E-state index contributed by atoms with van der Waals surface area (Å²) < 4.78 is 40.9. The monoisotopic (exact) mass is 255 g/mol. The van der Waals surface area contributed by atoms with E-state index < -0.39 is 17.5 Å². The number of benzene rings is 1. The molecule has 0 spiro atoms. The van der Waals surface area contributed by atoms with E-state index in [1.54, 1.807) is 13.8 Å². The van der Waals surface area contributed by atoms with E-state index >= 15 is 0 Å². The molecule has 2 rings (SSSR count). The lowest BCUT2D eigenvalue weighted by Gasteiger charge is -2.07. The van der Waals surface area contributed by atoms with Crippen LogP contribution in [0.2, 0.25) is 0 Å². The van der Waals surface area contributed by atoms with Gasteiger partial charge in [0.2, 0.25) is 0 Å². The van der Waals surface area contributed by atoms with Gasteiger partial charge in [0, 0.05) is 29.9 Å². The third-order valence-corrected chi connectivity index (χ3v) is 2.86. The van der Waals surface area contributed by atoms with Crippen LogP contribution in [0.1, 0.15) is 17.0 Å². The normalized spacial score (nSPS) is 11.0. The van der Waals surface area contributed by atoms with Crippen molar-refractivity contribution in [3.05, 3.63) is 46.5 Å². The van der Waals surface area contributed by atoms with Gasteiger partial charge in [0.1, 0.15) is 5.69 Å². The van der Waals surface area contributed by atoms with Crippen LogP contribution in [-0.4, -0.2) is 9.78 Å². The van der Waals surface area contributed by atoms with Crippen LogP contribution in [0.25, 0.3) is 5.69 Å². The Balaban J connectivity index is 2.66. The predicted molar refractivity (Wildman–Crippen MR) is 60.8 cm³/mol. The van der Waals surface area contributed by atoms with E-state index in [9.17, 15) is 13.2 Å². The molecule has 6 heteroatoms. The average Bonchev–Trinajstić information content (AvgIpc) is 2.59. The fourth-order valence-corrected chi connectivity index (χ4v) is 1.88. The van der Waals surface area contributed by atoms with Gasteiger partial charge in [-0.3, -0.25) is 0 Å². The van der Waals surface area contributed by atoms with Crippen LogP contribution in [0, 0.1) is 31.3 Å². The molecule has 2 aromatic rings. The number of aryl methyl sites for hydroxylation is 1. The van der Waals surface area contributed by atoms with Gasteiger partial charge in [0.25, 0.3) is 0 Å². The molecule has 1 heterocycles. The summed E-state index contributed by atoms with van der Waals surface area (Å²) >= 11 is 0. The number of rotatable bonds is 2. The first kappa shape index (κ1) is 12.6. The van der Waals surface area contributed by atoms with Gasteiger partial charge in [-0.15, -0.1) is 0 Å². The molecule has 0 saturated heterocycles. The topological polar surface area (TPSA) is 43.8 Å². The third kappa shape index (κ3) is 1.88. The Hall–Kier alpha value is -1.82. The molecule has 3 nitrogen and oxygen atoms in total. The van der Waals surface area contributed by atoms with E-state index in [-0.39, 0.29) is 12.2 Å². The molecule has 0 radical (unpaired) electrons. The Labute approximate surface area is 102 Å². The van der Waals surface area contributed by atoms with Crippen molar-refractivity contribution in [3.63, 3.8) is 0 Å². The van der Waals surface area contributed by atoms with Crippen molar-refractivity contribution in [2.75, 3.05) is 0 Å². The first-order valence-electron chi connectivity index (χ1n) is 5.35. The maximum Gasteiger partial charge on any atom is 0.161 e. The minimum Gasteiger partial charge on any atom is -0.326 e. The van der Waals surface area contributed by atoms with E-state index in [4.69, 9.17) is 5.73 Å². The van der Waals surface area contributed by atoms with Crippen LogP contribution in [-0.2, 0) is 6.54 Å². The van der Waals surface area contributed by atoms with Gasteiger partial charge in [0.15, 0.2) is 17.5 Å². The van der Waals surface area contributed by atoms with Gasteiger partial charge in [-0.2, -0.15) is 5.10 Å². The second kappa shape index (κ2) is 4.45.